The molecule has 0 aliphatic carbocycles. The molecule has 1 aromatic heterocycles. The predicted octanol–water partition coefficient (Wildman–Crippen LogP) is 0.988. The van der Waals surface area contributed by atoms with Gasteiger partial charge in [-0.25, -0.2) is 0 Å². The van der Waals surface area contributed by atoms with Crippen LogP contribution in [0.15, 0.2) is 18.6 Å². The van der Waals surface area contributed by atoms with Crippen molar-refractivity contribution in [2.24, 2.45) is 5.92 Å². The van der Waals surface area contributed by atoms with Gasteiger partial charge in [0.05, 0.1) is 11.7 Å². The Hall–Kier alpha value is -1.61. The summed E-state index contributed by atoms with van der Waals surface area (Å²) in [4.78, 5) is 24.3. The molecule has 1 aromatic rings. The maximum absolute atomic E-state index is 11.9. The molecule has 4 atom stereocenters. The van der Waals surface area contributed by atoms with Crippen LogP contribution in [0, 0.1) is 5.92 Å². The number of hydrogen-bond acceptors (Lipinski definition) is 7. The van der Waals surface area contributed by atoms with Crippen molar-refractivity contribution in [2.45, 2.75) is 51.5 Å². The van der Waals surface area contributed by atoms with Crippen LogP contribution in [-0.2, 0) is 9.53 Å². The minimum atomic E-state index is -0.925. The molecule has 1 fully saturated rings. The van der Waals surface area contributed by atoms with Gasteiger partial charge < -0.3 is 14.9 Å². The van der Waals surface area contributed by atoms with Crippen LogP contribution in [0.1, 0.15) is 38.9 Å². The molecule has 0 bridgehead atoms. The Morgan fingerprint density at radius 2 is 2.12 bits per heavy atom. The molecule has 26 heavy (non-hydrogen) atoms. The molecular weight excluding hydrogens is 336 g/mol. The van der Waals surface area contributed by atoms with Crippen molar-refractivity contribution in [2.75, 3.05) is 26.8 Å². The van der Waals surface area contributed by atoms with Crippen molar-refractivity contribution in [1.29, 1.82) is 0 Å². The largest absolute Gasteiger partial charge is 0.480 e. The fourth-order valence-electron chi connectivity index (χ4n) is 3.61. The number of piperazine rings is 1. The Morgan fingerprint density at radius 3 is 2.65 bits per heavy atom. The molecule has 146 valence electrons. The molecule has 0 radical (unpaired) electrons. The molecule has 0 amide bonds. The summed E-state index contributed by atoms with van der Waals surface area (Å²) in [5.74, 6) is -0.971. The number of aliphatic carboxylic acids is 1. The maximum atomic E-state index is 11.9. The van der Waals surface area contributed by atoms with Crippen LogP contribution in [0.3, 0.4) is 0 Å². The van der Waals surface area contributed by atoms with E-state index in [2.05, 4.69) is 14.9 Å². The van der Waals surface area contributed by atoms with E-state index in [9.17, 15) is 15.0 Å². The first-order chi connectivity index (χ1) is 12.4. The van der Waals surface area contributed by atoms with Gasteiger partial charge in [-0.3, -0.25) is 24.6 Å². The Bertz CT molecular complexity index is 572. The van der Waals surface area contributed by atoms with Crippen LogP contribution in [0.2, 0.25) is 0 Å². The van der Waals surface area contributed by atoms with Crippen LogP contribution in [-0.4, -0.2) is 81.1 Å². The summed E-state index contributed by atoms with van der Waals surface area (Å²) < 4.78 is 5.23. The molecule has 8 nitrogen and oxygen atoms in total. The highest BCUT2D eigenvalue weighted by Gasteiger charge is 2.42. The molecule has 1 aliphatic rings. The number of carboxylic acid groups (broad SMARTS) is 1. The highest BCUT2D eigenvalue weighted by molar-refractivity contribution is 5.74. The van der Waals surface area contributed by atoms with Gasteiger partial charge in [-0.15, -0.1) is 0 Å². The van der Waals surface area contributed by atoms with Crippen LogP contribution in [0.25, 0.3) is 0 Å². The van der Waals surface area contributed by atoms with Crippen LogP contribution >= 0.6 is 0 Å². The lowest BCUT2D eigenvalue weighted by Crippen LogP contribution is -2.64. The fourth-order valence-corrected chi connectivity index (χ4v) is 3.61. The van der Waals surface area contributed by atoms with Crippen molar-refractivity contribution < 1.29 is 19.7 Å². The second-order valence-electron chi connectivity index (χ2n) is 7.19. The van der Waals surface area contributed by atoms with Crippen molar-refractivity contribution in [3.8, 4) is 0 Å². The summed E-state index contributed by atoms with van der Waals surface area (Å²) >= 11 is 0. The Balaban J connectivity index is 2.27. The molecule has 0 spiro atoms. The molecule has 8 heteroatoms. The minimum absolute atomic E-state index is 0.0462. The van der Waals surface area contributed by atoms with E-state index in [1.807, 2.05) is 20.8 Å². The summed E-state index contributed by atoms with van der Waals surface area (Å²) in [6, 6.07) is -0.965. The normalized spacial score (nSPS) is 24.5. The van der Waals surface area contributed by atoms with Crippen molar-refractivity contribution in [1.82, 2.24) is 19.8 Å². The molecule has 2 rings (SSSR count). The van der Waals surface area contributed by atoms with Crippen molar-refractivity contribution in [3.63, 3.8) is 0 Å². The average Bonchev–Trinajstić information content (AvgIpc) is 2.61. The van der Waals surface area contributed by atoms with E-state index in [4.69, 9.17) is 4.74 Å². The van der Waals surface area contributed by atoms with E-state index < -0.39 is 18.2 Å². The van der Waals surface area contributed by atoms with E-state index in [1.165, 1.54) is 0 Å². The summed E-state index contributed by atoms with van der Waals surface area (Å²) in [7, 11) is 1.65. The third kappa shape index (κ3) is 4.76. The molecule has 2 heterocycles. The van der Waals surface area contributed by atoms with E-state index in [0.717, 1.165) is 5.69 Å². The second kappa shape index (κ2) is 9.36. The van der Waals surface area contributed by atoms with Crippen LogP contribution in [0.4, 0.5) is 0 Å². The first-order valence-corrected chi connectivity index (χ1v) is 9.04. The van der Waals surface area contributed by atoms with Gasteiger partial charge in [-0.1, -0.05) is 13.8 Å². The number of carbonyl (C=O) groups is 1. The number of aromatic nitrogens is 2. The lowest BCUT2D eigenvalue weighted by Gasteiger charge is -2.48. The molecule has 1 aliphatic heterocycles. The van der Waals surface area contributed by atoms with E-state index in [-0.39, 0.29) is 18.0 Å². The first kappa shape index (κ1) is 20.7. The van der Waals surface area contributed by atoms with Gasteiger partial charge in [-0.05, 0) is 19.3 Å². The number of carboxylic acids is 1. The highest BCUT2D eigenvalue weighted by Crippen LogP contribution is 2.29. The third-order valence-corrected chi connectivity index (χ3v) is 4.92. The lowest BCUT2D eigenvalue weighted by atomic mass is 9.99. The van der Waals surface area contributed by atoms with Crippen molar-refractivity contribution in [3.05, 3.63) is 24.3 Å². The van der Waals surface area contributed by atoms with Gasteiger partial charge in [-0.2, -0.15) is 0 Å². The maximum Gasteiger partial charge on any atom is 0.322 e. The highest BCUT2D eigenvalue weighted by atomic mass is 16.5. The SMILES string of the molecule is COCC[C@H](c1cnccn1)N1C[C@@H](C)N(C(O)C(C)C)[C@@H](C(=O)O)C1. The van der Waals surface area contributed by atoms with Gasteiger partial charge in [0.25, 0.3) is 0 Å². The summed E-state index contributed by atoms with van der Waals surface area (Å²) in [6.45, 7) is 7.24. The van der Waals surface area contributed by atoms with Gasteiger partial charge in [0.2, 0.25) is 0 Å². The first-order valence-electron chi connectivity index (χ1n) is 9.04. The smallest absolute Gasteiger partial charge is 0.322 e. The third-order valence-electron chi connectivity index (χ3n) is 4.92. The fraction of sp³-hybridized carbons (Fsp3) is 0.722. The van der Waals surface area contributed by atoms with Gasteiger partial charge in [0.15, 0.2) is 0 Å². The van der Waals surface area contributed by atoms with Crippen LogP contribution < -0.4 is 0 Å². The quantitative estimate of drug-likeness (QED) is 0.703. The number of aliphatic hydroxyl groups excluding tert-OH is 1. The topological polar surface area (TPSA) is 99.0 Å². The Morgan fingerprint density at radius 1 is 1.38 bits per heavy atom. The number of nitrogens with zero attached hydrogens (tertiary/aromatic N) is 4. The summed E-state index contributed by atoms with van der Waals surface area (Å²) in [6.07, 6.45) is 4.89. The van der Waals surface area contributed by atoms with Gasteiger partial charge >= 0.3 is 5.97 Å². The van der Waals surface area contributed by atoms with Gasteiger partial charge in [0, 0.05) is 51.4 Å². The standard InChI is InChI=1S/C18H30N4O4/c1-12(2)17(23)22-13(3)10-21(11-16(22)18(24)25)15(5-8-26-4)14-9-19-6-7-20-14/h6-7,9,12-13,15-17,23H,5,8,10-11H2,1-4H3,(H,24,25)/t13-,15-,16-,17?/m1/s1. The Labute approximate surface area is 154 Å². The predicted molar refractivity (Wildman–Crippen MR) is 96.4 cm³/mol. The zero-order valence-corrected chi connectivity index (χ0v) is 15.9. The number of hydrogen-bond donors (Lipinski definition) is 2. The van der Waals surface area contributed by atoms with E-state index in [0.29, 0.717) is 26.1 Å². The average molecular weight is 366 g/mol. The number of ether oxygens (including phenoxy) is 1. The lowest BCUT2D eigenvalue weighted by molar-refractivity contribution is -0.164. The molecule has 0 saturated carbocycles. The molecule has 2 N–H and O–H groups in total. The number of methoxy groups -OCH3 is 1. The zero-order valence-electron chi connectivity index (χ0n) is 15.9. The van der Waals surface area contributed by atoms with Gasteiger partial charge in [0.1, 0.15) is 12.3 Å². The summed E-state index contributed by atoms with van der Waals surface area (Å²) in [5.41, 5.74) is 0.804. The summed E-state index contributed by atoms with van der Waals surface area (Å²) in [5, 5.41) is 20.3. The zero-order chi connectivity index (χ0) is 19.3. The van der Waals surface area contributed by atoms with E-state index in [1.54, 1.807) is 30.6 Å². The van der Waals surface area contributed by atoms with Crippen molar-refractivity contribution >= 4 is 5.97 Å². The molecule has 0 aromatic carbocycles. The van der Waals surface area contributed by atoms with Crippen LogP contribution in [0.5, 0.6) is 0 Å². The monoisotopic (exact) mass is 366 g/mol. The van der Waals surface area contributed by atoms with E-state index >= 15 is 0 Å². The second-order valence-corrected chi connectivity index (χ2v) is 7.19. The Kier molecular flexibility index (Phi) is 7.45. The number of aliphatic hydroxyl groups is 1. The number of rotatable bonds is 8. The molecule has 1 saturated heterocycles. The molecule has 1 unspecified atom stereocenters. The minimum Gasteiger partial charge on any atom is -0.480 e. The molecular formula is C18H30N4O4.